The molecule has 5 heterocycles. The third-order valence-corrected chi connectivity index (χ3v) is 7.45. The Kier molecular flexibility index (Phi) is 6.54. The van der Waals surface area contributed by atoms with Gasteiger partial charge in [0, 0.05) is 63.4 Å². The van der Waals surface area contributed by atoms with E-state index in [-0.39, 0.29) is 17.8 Å². The van der Waals surface area contributed by atoms with Crippen LogP contribution in [0.4, 0.5) is 4.79 Å². The maximum atomic E-state index is 12.9. The number of ether oxygens (including phenoxy) is 2. The van der Waals surface area contributed by atoms with Crippen LogP contribution in [0.1, 0.15) is 11.0 Å². The first kappa shape index (κ1) is 21.3. The maximum absolute atomic E-state index is 12.9. The van der Waals surface area contributed by atoms with Crippen molar-refractivity contribution in [3.8, 4) is 0 Å². The summed E-state index contributed by atoms with van der Waals surface area (Å²) in [6, 6.07) is 2.29. The molecular weight excluding hydrogens is 440 g/mol. The molecule has 11 heteroatoms. The van der Waals surface area contributed by atoms with Crippen molar-refractivity contribution in [2.45, 2.75) is 11.7 Å². The number of urea groups is 1. The van der Waals surface area contributed by atoms with Gasteiger partial charge in [0.1, 0.15) is 11.9 Å². The molecule has 0 radical (unpaired) electrons. The molecule has 0 aliphatic carbocycles. The molecule has 2 aromatic rings. The van der Waals surface area contributed by atoms with Crippen LogP contribution in [0.15, 0.2) is 18.6 Å². The van der Waals surface area contributed by atoms with Crippen LogP contribution >= 0.6 is 22.9 Å². The minimum atomic E-state index is -0.311. The van der Waals surface area contributed by atoms with Gasteiger partial charge in [0.05, 0.1) is 36.2 Å². The van der Waals surface area contributed by atoms with Crippen molar-refractivity contribution in [2.24, 2.45) is 0 Å². The number of aromatic nitrogens is 2. The lowest BCUT2D eigenvalue weighted by atomic mass is 10.2. The molecule has 3 fully saturated rings. The molecule has 168 valence electrons. The lowest BCUT2D eigenvalue weighted by Crippen LogP contribution is -2.57. The monoisotopic (exact) mass is 466 g/mol. The lowest BCUT2D eigenvalue weighted by molar-refractivity contribution is -0.0573. The first-order valence-electron chi connectivity index (χ1n) is 10.7. The Labute approximate surface area is 190 Å². The predicted octanol–water partition coefficient (Wildman–Crippen LogP) is 1.66. The topological polar surface area (TPSA) is 74.3 Å². The Hall–Kier alpha value is -1.56. The van der Waals surface area contributed by atoms with E-state index in [4.69, 9.17) is 21.1 Å². The lowest BCUT2D eigenvalue weighted by Gasteiger charge is -2.45. The van der Waals surface area contributed by atoms with Gasteiger partial charge in [0.25, 0.3) is 0 Å². The second-order valence-corrected chi connectivity index (χ2v) is 9.58. The highest BCUT2D eigenvalue weighted by Gasteiger charge is 2.35. The number of hydrogen-bond acceptors (Lipinski definition) is 8. The van der Waals surface area contributed by atoms with Crippen LogP contribution in [0.3, 0.4) is 0 Å². The predicted molar refractivity (Wildman–Crippen MR) is 118 cm³/mol. The van der Waals surface area contributed by atoms with E-state index in [1.54, 1.807) is 17.7 Å². The van der Waals surface area contributed by atoms with E-state index in [9.17, 15) is 4.79 Å². The van der Waals surface area contributed by atoms with Crippen LogP contribution in [0.25, 0.3) is 10.2 Å². The number of nitrogens with zero attached hydrogens (tertiary/aromatic N) is 6. The van der Waals surface area contributed by atoms with Gasteiger partial charge >= 0.3 is 6.03 Å². The van der Waals surface area contributed by atoms with E-state index in [0.717, 1.165) is 29.9 Å². The zero-order valence-corrected chi connectivity index (χ0v) is 18.9. The number of fused-ring (bicyclic) bond motifs is 1. The quantitative estimate of drug-likeness (QED) is 0.637. The Morgan fingerprint density at radius 2 is 1.84 bits per heavy atom. The van der Waals surface area contributed by atoms with Crippen LogP contribution in [-0.4, -0.2) is 113 Å². The Morgan fingerprint density at radius 1 is 1.06 bits per heavy atom. The summed E-state index contributed by atoms with van der Waals surface area (Å²) in [5, 5.41) is 0. The Bertz CT molecular complexity index is 869. The summed E-state index contributed by atoms with van der Waals surface area (Å²) in [5.74, 6) is 0. The fourth-order valence-corrected chi connectivity index (χ4v) is 5.91. The molecule has 0 N–H and O–H groups in total. The van der Waals surface area contributed by atoms with E-state index in [0.29, 0.717) is 52.5 Å². The van der Waals surface area contributed by atoms with Crippen molar-refractivity contribution in [1.82, 2.24) is 29.6 Å². The maximum Gasteiger partial charge on any atom is 0.320 e. The van der Waals surface area contributed by atoms with Crippen LogP contribution in [0.2, 0.25) is 0 Å². The van der Waals surface area contributed by atoms with Crippen LogP contribution in [0.5, 0.6) is 0 Å². The molecule has 2 unspecified atom stereocenters. The smallest absolute Gasteiger partial charge is 0.320 e. The standard InChI is InChI=1S/C20H27ClN6O3S/c21-18-13-27(7-10-30-18)19(16-11-15-17(31-16)12-22-14-23-15)24-1-3-25(4-2-24)20(28)26-5-8-29-9-6-26/h11-12,14,18-19H,1-10,13H2. The minimum absolute atomic E-state index is 0.0880. The fraction of sp³-hybridized carbons (Fsp3) is 0.650. The molecule has 0 bridgehead atoms. The third kappa shape index (κ3) is 4.64. The van der Waals surface area contributed by atoms with Gasteiger partial charge in [-0.2, -0.15) is 0 Å². The minimum Gasteiger partial charge on any atom is -0.378 e. The number of hydrogen-bond donors (Lipinski definition) is 0. The molecular formula is C20H27ClN6O3S. The van der Waals surface area contributed by atoms with Crippen molar-refractivity contribution >= 4 is 39.2 Å². The van der Waals surface area contributed by atoms with Crippen molar-refractivity contribution in [2.75, 3.05) is 72.2 Å². The highest BCUT2D eigenvalue weighted by Crippen LogP contribution is 2.35. The molecule has 9 nitrogen and oxygen atoms in total. The molecule has 5 rings (SSSR count). The number of morpholine rings is 2. The van der Waals surface area contributed by atoms with Gasteiger partial charge in [0.2, 0.25) is 0 Å². The van der Waals surface area contributed by atoms with E-state index in [1.807, 2.05) is 16.0 Å². The zero-order valence-electron chi connectivity index (χ0n) is 17.4. The summed E-state index contributed by atoms with van der Waals surface area (Å²) in [6.45, 7) is 7.75. The fourth-order valence-electron chi connectivity index (χ4n) is 4.48. The average Bonchev–Trinajstić information content (AvgIpc) is 3.23. The second kappa shape index (κ2) is 9.51. The Balaban J connectivity index is 1.33. The van der Waals surface area contributed by atoms with Gasteiger partial charge in [0.15, 0.2) is 0 Å². The molecule has 3 saturated heterocycles. The Morgan fingerprint density at radius 3 is 2.58 bits per heavy atom. The van der Waals surface area contributed by atoms with Gasteiger partial charge < -0.3 is 19.3 Å². The molecule has 0 spiro atoms. The molecule has 0 saturated carbocycles. The molecule has 3 aliphatic rings. The summed E-state index contributed by atoms with van der Waals surface area (Å²) >= 11 is 8.07. The number of carbonyl (C=O) groups excluding carboxylic acids is 1. The number of amides is 2. The van der Waals surface area contributed by atoms with Crippen LogP contribution < -0.4 is 0 Å². The van der Waals surface area contributed by atoms with Gasteiger partial charge in [-0.1, -0.05) is 11.6 Å². The largest absolute Gasteiger partial charge is 0.378 e. The third-order valence-electron chi connectivity index (χ3n) is 6.08. The summed E-state index contributed by atoms with van der Waals surface area (Å²) in [4.78, 5) is 31.4. The van der Waals surface area contributed by atoms with Gasteiger partial charge in [-0.15, -0.1) is 11.3 Å². The number of rotatable bonds is 3. The number of carbonyl (C=O) groups is 1. The first-order chi connectivity index (χ1) is 15.2. The van der Waals surface area contributed by atoms with Gasteiger partial charge in [-0.25, -0.2) is 14.8 Å². The number of alkyl halides is 1. The molecule has 31 heavy (non-hydrogen) atoms. The summed E-state index contributed by atoms with van der Waals surface area (Å²) in [6.07, 6.45) is 3.55. The summed E-state index contributed by atoms with van der Waals surface area (Å²) in [7, 11) is 0. The van der Waals surface area contributed by atoms with Crippen LogP contribution in [-0.2, 0) is 9.47 Å². The van der Waals surface area contributed by atoms with E-state index >= 15 is 0 Å². The van der Waals surface area contributed by atoms with Gasteiger partial charge in [-0.05, 0) is 6.07 Å². The van der Waals surface area contributed by atoms with Crippen molar-refractivity contribution in [1.29, 1.82) is 0 Å². The molecule has 2 atom stereocenters. The molecule has 0 aromatic carbocycles. The SMILES string of the molecule is O=C(N1CCOCC1)N1CCN(C(c2cc3ncncc3s2)N2CCOC(Cl)C2)CC1. The average molecular weight is 467 g/mol. The molecule has 2 aromatic heterocycles. The highest BCUT2D eigenvalue weighted by molar-refractivity contribution is 7.19. The number of thiophene rings is 1. The van der Waals surface area contributed by atoms with Crippen molar-refractivity contribution < 1.29 is 14.3 Å². The molecule has 3 aliphatic heterocycles. The van der Waals surface area contributed by atoms with Crippen molar-refractivity contribution in [3.05, 3.63) is 23.5 Å². The van der Waals surface area contributed by atoms with E-state index in [2.05, 4.69) is 25.8 Å². The normalized spacial score (nSPS) is 25.1. The van der Waals surface area contributed by atoms with E-state index < -0.39 is 0 Å². The number of piperazine rings is 1. The van der Waals surface area contributed by atoms with Crippen molar-refractivity contribution in [3.63, 3.8) is 0 Å². The summed E-state index contributed by atoms with van der Waals surface area (Å²) in [5.41, 5.74) is 0.659. The summed E-state index contributed by atoms with van der Waals surface area (Å²) < 4.78 is 12.0. The van der Waals surface area contributed by atoms with Gasteiger partial charge in [-0.3, -0.25) is 9.80 Å². The second-order valence-electron chi connectivity index (χ2n) is 7.98. The van der Waals surface area contributed by atoms with Crippen LogP contribution in [0, 0.1) is 0 Å². The highest BCUT2D eigenvalue weighted by atomic mass is 35.5. The van der Waals surface area contributed by atoms with E-state index in [1.165, 1.54) is 4.88 Å². The number of halogens is 1. The zero-order chi connectivity index (χ0) is 21.2. The first-order valence-corrected chi connectivity index (χ1v) is 12.0. The molecule has 2 amide bonds.